The minimum atomic E-state index is 0.556. The first-order valence-corrected chi connectivity index (χ1v) is 5.68. The van der Waals surface area contributed by atoms with Gasteiger partial charge in [-0.2, -0.15) is 0 Å². The van der Waals surface area contributed by atoms with Crippen LogP contribution in [0.25, 0.3) is 0 Å². The molecule has 0 aromatic carbocycles. The second kappa shape index (κ2) is 3.72. The van der Waals surface area contributed by atoms with Gasteiger partial charge in [0.05, 0.1) is 0 Å². The maximum Gasteiger partial charge on any atom is 0.0435 e. The molecule has 2 rings (SSSR count). The molecule has 1 aliphatic carbocycles. The number of hydrogen-bond donors (Lipinski definition) is 0. The Morgan fingerprint density at radius 3 is 2.64 bits per heavy atom. The number of nitrogens with zero attached hydrogens (tertiary/aromatic N) is 1. The molecule has 0 bridgehead atoms. The average molecular weight is 189 g/mol. The first-order chi connectivity index (χ1) is 6.68. The monoisotopic (exact) mass is 189 g/mol. The van der Waals surface area contributed by atoms with E-state index in [4.69, 9.17) is 0 Å². The molecule has 1 aliphatic rings. The molecule has 1 heteroatoms. The van der Waals surface area contributed by atoms with Crippen molar-refractivity contribution in [1.29, 1.82) is 0 Å². The Hall–Kier alpha value is -0.850. The molecule has 0 radical (unpaired) electrons. The van der Waals surface area contributed by atoms with Gasteiger partial charge in [-0.3, -0.25) is 4.98 Å². The number of fused-ring (bicyclic) bond motifs is 1. The van der Waals surface area contributed by atoms with Gasteiger partial charge in [0.25, 0.3) is 0 Å². The van der Waals surface area contributed by atoms with Gasteiger partial charge in [-0.15, -0.1) is 0 Å². The molecule has 1 aromatic heterocycles. The smallest absolute Gasteiger partial charge is 0.0435 e. The fraction of sp³-hybridized carbons (Fsp3) is 0.615. The van der Waals surface area contributed by atoms with Crippen LogP contribution in [0.4, 0.5) is 0 Å². The third kappa shape index (κ3) is 1.68. The van der Waals surface area contributed by atoms with E-state index in [-0.39, 0.29) is 0 Å². The van der Waals surface area contributed by atoms with Gasteiger partial charge in [-0.25, -0.2) is 0 Å². The Bertz CT molecular complexity index is 339. The van der Waals surface area contributed by atoms with Crippen molar-refractivity contribution in [3.63, 3.8) is 0 Å². The molecule has 0 saturated heterocycles. The fourth-order valence-corrected chi connectivity index (χ4v) is 2.27. The van der Waals surface area contributed by atoms with Crippen LogP contribution in [0.5, 0.6) is 0 Å². The molecule has 1 aromatic rings. The predicted molar refractivity (Wildman–Crippen MR) is 59.7 cm³/mol. The first kappa shape index (κ1) is 9.70. The summed E-state index contributed by atoms with van der Waals surface area (Å²) in [6.07, 6.45) is 5.20. The summed E-state index contributed by atoms with van der Waals surface area (Å²) in [5, 5.41) is 0. The Labute approximate surface area is 86.6 Å². The zero-order chi connectivity index (χ0) is 10.1. The SMILES string of the molecule is Cc1nc(C(C)C)cc2c1CCCC2. The van der Waals surface area contributed by atoms with Gasteiger partial charge in [-0.1, -0.05) is 13.8 Å². The number of aromatic nitrogens is 1. The van der Waals surface area contributed by atoms with E-state index in [1.54, 1.807) is 5.56 Å². The molecule has 1 nitrogen and oxygen atoms in total. The van der Waals surface area contributed by atoms with E-state index in [2.05, 4.69) is 31.8 Å². The second-order valence-electron chi connectivity index (χ2n) is 4.63. The first-order valence-electron chi connectivity index (χ1n) is 5.68. The van der Waals surface area contributed by atoms with Crippen LogP contribution in [0.3, 0.4) is 0 Å². The van der Waals surface area contributed by atoms with Gasteiger partial charge in [0, 0.05) is 11.4 Å². The van der Waals surface area contributed by atoms with Crippen LogP contribution in [-0.4, -0.2) is 4.98 Å². The van der Waals surface area contributed by atoms with E-state index in [1.165, 1.54) is 42.6 Å². The van der Waals surface area contributed by atoms with E-state index in [9.17, 15) is 0 Å². The zero-order valence-electron chi connectivity index (χ0n) is 9.43. The third-order valence-electron chi connectivity index (χ3n) is 3.16. The number of pyridine rings is 1. The van der Waals surface area contributed by atoms with Crippen LogP contribution in [0.15, 0.2) is 6.07 Å². The van der Waals surface area contributed by atoms with E-state index in [0.29, 0.717) is 5.92 Å². The molecule has 0 amide bonds. The van der Waals surface area contributed by atoms with Gasteiger partial charge in [0.1, 0.15) is 0 Å². The maximum atomic E-state index is 4.69. The largest absolute Gasteiger partial charge is 0.258 e. The standard InChI is InChI=1S/C13H19N/c1-9(2)13-8-11-6-4-5-7-12(11)10(3)14-13/h8-9H,4-7H2,1-3H3. The lowest BCUT2D eigenvalue weighted by Crippen LogP contribution is -2.09. The average Bonchev–Trinajstić information content (AvgIpc) is 2.17. The van der Waals surface area contributed by atoms with Crippen LogP contribution < -0.4 is 0 Å². The highest BCUT2D eigenvalue weighted by Gasteiger charge is 2.14. The Kier molecular flexibility index (Phi) is 2.58. The van der Waals surface area contributed by atoms with Crippen molar-refractivity contribution in [2.24, 2.45) is 0 Å². The van der Waals surface area contributed by atoms with Gasteiger partial charge in [0.15, 0.2) is 0 Å². The van der Waals surface area contributed by atoms with Gasteiger partial charge >= 0.3 is 0 Å². The van der Waals surface area contributed by atoms with Crippen molar-refractivity contribution < 1.29 is 0 Å². The fourth-order valence-electron chi connectivity index (χ4n) is 2.27. The molecule has 76 valence electrons. The maximum absolute atomic E-state index is 4.69. The minimum Gasteiger partial charge on any atom is -0.258 e. The summed E-state index contributed by atoms with van der Waals surface area (Å²) in [7, 11) is 0. The predicted octanol–water partition coefficient (Wildman–Crippen LogP) is 3.39. The van der Waals surface area contributed by atoms with Crippen LogP contribution >= 0.6 is 0 Å². The summed E-state index contributed by atoms with van der Waals surface area (Å²) in [5.74, 6) is 0.556. The molecule has 0 saturated carbocycles. The normalized spacial score (nSPS) is 15.7. The van der Waals surface area contributed by atoms with Crippen molar-refractivity contribution >= 4 is 0 Å². The topological polar surface area (TPSA) is 12.9 Å². The van der Waals surface area contributed by atoms with Crippen molar-refractivity contribution in [3.8, 4) is 0 Å². The molecule has 1 heterocycles. The number of rotatable bonds is 1. The lowest BCUT2D eigenvalue weighted by molar-refractivity contribution is 0.669. The van der Waals surface area contributed by atoms with Crippen molar-refractivity contribution in [3.05, 3.63) is 28.6 Å². The quantitative estimate of drug-likeness (QED) is 0.660. The number of hydrogen-bond acceptors (Lipinski definition) is 1. The lowest BCUT2D eigenvalue weighted by atomic mass is 9.89. The van der Waals surface area contributed by atoms with Gasteiger partial charge in [0.2, 0.25) is 0 Å². The van der Waals surface area contributed by atoms with Crippen molar-refractivity contribution in [2.45, 2.75) is 52.4 Å². The molecule has 0 fully saturated rings. The summed E-state index contributed by atoms with van der Waals surface area (Å²) in [5.41, 5.74) is 5.63. The van der Waals surface area contributed by atoms with E-state index >= 15 is 0 Å². The van der Waals surface area contributed by atoms with E-state index in [0.717, 1.165) is 0 Å². The molecule has 0 aliphatic heterocycles. The van der Waals surface area contributed by atoms with Crippen LogP contribution in [0.1, 0.15) is 55.1 Å². The Morgan fingerprint density at radius 2 is 1.93 bits per heavy atom. The molecule has 0 N–H and O–H groups in total. The third-order valence-corrected chi connectivity index (χ3v) is 3.16. The summed E-state index contributed by atoms with van der Waals surface area (Å²) < 4.78 is 0. The van der Waals surface area contributed by atoms with Crippen LogP contribution in [0, 0.1) is 6.92 Å². The molecule has 0 atom stereocenters. The highest BCUT2D eigenvalue weighted by Crippen LogP contribution is 2.26. The summed E-state index contributed by atoms with van der Waals surface area (Å²) in [6.45, 7) is 6.60. The van der Waals surface area contributed by atoms with Gasteiger partial charge in [-0.05, 0) is 55.7 Å². The van der Waals surface area contributed by atoms with Crippen LogP contribution in [-0.2, 0) is 12.8 Å². The summed E-state index contributed by atoms with van der Waals surface area (Å²) in [4.78, 5) is 4.69. The zero-order valence-corrected chi connectivity index (χ0v) is 9.43. The number of aryl methyl sites for hydroxylation is 2. The molecular formula is C13H19N. The Balaban J connectivity index is 2.46. The Morgan fingerprint density at radius 1 is 1.21 bits per heavy atom. The lowest BCUT2D eigenvalue weighted by Gasteiger charge is -2.19. The van der Waals surface area contributed by atoms with Gasteiger partial charge < -0.3 is 0 Å². The van der Waals surface area contributed by atoms with Crippen molar-refractivity contribution in [1.82, 2.24) is 4.98 Å². The summed E-state index contributed by atoms with van der Waals surface area (Å²) >= 11 is 0. The highest BCUT2D eigenvalue weighted by molar-refractivity contribution is 5.34. The molecule has 0 spiro atoms. The van der Waals surface area contributed by atoms with E-state index < -0.39 is 0 Å². The molecule has 14 heavy (non-hydrogen) atoms. The van der Waals surface area contributed by atoms with Crippen molar-refractivity contribution in [2.75, 3.05) is 0 Å². The van der Waals surface area contributed by atoms with E-state index in [1.807, 2.05) is 0 Å². The minimum absolute atomic E-state index is 0.556. The molecular weight excluding hydrogens is 170 g/mol. The summed E-state index contributed by atoms with van der Waals surface area (Å²) in [6, 6.07) is 2.33. The highest BCUT2D eigenvalue weighted by atomic mass is 14.7. The second-order valence-corrected chi connectivity index (χ2v) is 4.63. The molecule has 0 unspecified atom stereocenters. The van der Waals surface area contributed by atoms with Crippen LogP contribution in [0.2, 0.25) is 0 Å².